The van der Waals surface area contributed by atoms with E-state index in [1.54, 1.807) is 0 Å². The van der Waals surface area contributed by atoms with Gasteiger partial charge in [0.2, 0.25) is 5.69 Å². The van der Waals surface area contributed by atoms with Crippen LogP contribution in [0.15, 0.2) is 11.3 Å². The van der Waals surface area contributed by atoms with E-state index in [4.69, 9.17) is 0 Å². The van der Waals surface area contributed by atoms with E-state index in [-0.39, 0.29) is 5.91 Å². The monoisotopic (exact) mass is 135 g/mol. The lowest BCUT2D eigenvalue weighted by molar-refractivity contribution is -0.338. The van der Waals surface area contributed by atoms with Crippen molar-refractivity contribution >= 4 is 17.7 Å². The number of carbonyl (C=O) groups is 1. The fourth-order valence-corrected chi connectivity index (χ4v) is 0.733. The van der Waals surface area contributed by atoms with E-state index in [1.807, 2.05) is 0 Å². The maximum absolute atomic E-state index is 10.8. The number of rotatable bonds is 0. The number of hydrogen-bond acceptors (Lipinski definition) is 3. The molecule has 10 heavy (non-hydrogen) atoms. The van der Waals surface area contributed by atoms with Crippen LogP contribution < -0.4 is 4.99 Å². The Morgan fingerprint density at radius 2 is 2.60 bits per heavy atom. The van der Waals surface area contributed by atoms with E-state index in [9.17, 15) is 4.79 Å². The molecule has 1 aromatic rings. The molecule has 0 unspecified atom stereocenters. The second-order valence-corrected chi connectivity index (χ2v) is 1.78. The van der Waals surface area contributed by atoms with Crippen molar-refractivity contribution < 1.29 is 9.79 Å². The SMILES string of the molecule is O=C1[NH+]=C=Nc2nc[nH]c21. The normalized spacial score (nSPS) is 13.8. The van der Waals surface area contributed by atoms with E-state index >= 15 is 0 Å². The minimum Gasteiger partial charge on any atom is -0.335 e. The van der Waals surface area contributed by atoms with Gasteiger partial charge in [0.15, 0.2) is 0 Å². The van der Waals surface area contributed by atoms with Gasteiger partial charge in [0, 0.05) is 4.99 Å². The number of hydrogen-bond donors (Lipinski definition) is 2. The first-order valence-electron chi connectivity index (χ1n) is 2.67. The van der Waals surface area contributed by atoms with Crippen molar-refractivity contribution in [2.24, 2.45) is 4.99 Å². The number of nitrogens with one attached hydrogen (secondary N) is 2. The molecular formula is C5H3N4O+. The third-order valence-electron chi connectivity index (χ3n) is 1.18. The van der Waals surface area contributed by atoms with Gasteiger partial charge in [0.1, 0.15) is 0 Å². The molecule has 2 rings (SSSR count). The molecular weight excluding hydrogens is 132 g/mol. The summed E-state index contributed by atoms with van der Waals surface area (Å²) in [4.78, 5) is 23.2. The molecule has 0 bridgehead atoms. The van der Waals surface area contributed by atoms with Gasteiger partial charge in [0.05, 0.1) is 6.33 Å². The first kappa shape index (κ1) is 5.08. The number of aromatic nitrogens is 2. The summed E-state index contributed by atoms with van der Waals surface area (Å²) in [5.74, 6) is 0.145. The van der Waals surface area contributed by atoms with Gasteiger partial charge in [-0.25, -0.2) is 4.79 Å². The van der Waals surface area contributed by atoms with Crippen molar-refractivity contribution in [3.63, 3.8) is 0 Å². The summed E-state index contributed by atoms with van der Waals surface area (Å²) in [6.07, 6.45) is 1.42. The van der Waals surface area contributed by atoms with E-state index in [2.05, 4.69) is 26.0 Å². The van der Waals surface area contributed by atoms with Gasteiger partial charge in [-0.2, -0.15) is 9.98 Å². The first-order chi connectivity index (χ1) is 4.88. The van der Waals surface area contributed by atoms with Crippen LogP contribution in [0.5, 0.6) is 0 Å². The van der Waals surface area contributed by atoms with Gasteiger partial charge in [-0.3, -0.25) is 0 Å². The van der Waals surface area contributed by atoms with Crippen LogP contribution in [0.25, 0.3) is 0 Å². The number of aromatic amines is 1. The molecule has 2 N–H and O–H groups in total. The molecule has 0 radical (unpaired) electrons. The van der Waals surface area contributed by atoms with Crippen molar-refractivity contribution in [1.29, 1.82) is 0 Å². The lowest BCUT2D eigenvalue weighted by Crippen LogP contribution is -2.73. The fraction of sp³-hybridized carbons (Fsp3) is 0. The molecule has 0 aromatic carbocycles. The zero-order valence-electron chi connectivity index (χ0n) is 4.88. The highest BCUT2D eigenvalue weighted by Crippen LogP contribution is 2.10. The molecule has 0 spiro atoms. The molecule has 5 heteroatoms. The third kappa shape index (κ3) is 0.519. The first-order valence-corrected chi connectivity index (χ1v) is 2.67. The maximum atomic E-state index is 10.8. The number of fused-ring (bicyclic) bond motifs is 1. The molecule has 5 nitrogen and oxygen atoms in total. The highest BCUT2D eigenvalue weighted by atomic mass is 16.1. The minimum atomic E-state index is -0.248. The Labute approximate surface area is 55.5 Å². The van der Waals surface area contributed by atoms with Crippen LogP contribution in [0.3, 0.4) is 0 Å². The number of amides is 1. The van der Waals surface area contributed by atoms with Crippen LogP contribution in [0, 0.1) is 0 Å². The van der Waals surface area contributed by atoms with Gasteiger partial charge < -0.3 is 4.98 Å². The highest BCUT2D eigenvalue weighted by molar-refractivity contribution is 5.91. The predicted octanol–water partition coefficient (Wildman–Crippen LogP) is -1.55. The summed E-state index contributed by atoms with van der Waals surface area (Å²) >= 11 is 0. The van der Waals surface area contributed by atoms with E-state index < -0.39 is 0 Å². The van der Waals surface area contributed by atoms with Gasteiger partial charge in [-0.05, 0) is 0 Å². The average molecular weight is 135 g/mol. The Morgan fingerprint density at radius 3 is 3.40 bits per heavy atom. The van der Waals surface area contributed by atoms with Crippen LogP contribution in [-0.4, -0.2) is 21.9 Å². The summed E-state index contributed by atoms with van der Waals surface area (Å²) < 4.78 is 0. The third-order valence-corrected chi connectivity index (χ3v) is 1.18. The summed E-state index contributed by atoms with van der Waals surface area (Å²) in [7, 11) is 0. The van der Waals surface area contributed by atoms with E-state index in [0.29, 0.717) is 11.5 Å². The quantitative estimate of drug-likeness (QED) is 0.452. The van der Waals surface area contributed by atoms with Crippen LogP contribution in [0.2, 0.25) is 0 Å². The van der Waals surface area contributed by atoms with Crippen molar-refractivity contribution in [2.75, 3.05) is 0 Å². The number of aliphatic imine (C=N–C) groups is 1. The van der Waals surface area contributed by atoms with Crippen LogP contribution in [0.1, 0.15) is 10.5 Å². The molecule has 0 aliphatic carbocycles. The Hall–Kier alpha value is -1.74. The van der Waals surface area contributed by atoms with Crippen LogP contribution in [0.4, 0.5) is 5.82 Å². The lowest BCUT2D eigenvalue weighted by atomic mass is 10.4. The molecule has 2 heterocycles. The second kappa shape index (κ2) is 1.62. The largest absolute Gasteiger partial charge is 0.369 e. The molecule has 0 saturated carbocycles. The summed E-state index contributed by atoms with van der Waals surface area (Å²) in [6.45, 7) is 0. The summed E-state index contributed by atoms with van der Waals surface area (Å²) in [5, 5.41) is 0. The molecule has 48 valence electrons. The van der Waals surface area contributed by atoms with E-state index in [0.717, 1.165) is 0 Å². The topological polar surface area (TPSA) is 72.1 Å². The van der Waals surface area contributed by atoms with Crippen LogP contribution >= 0.6 is 0 Å². The van der Waals surface area contributed by atoms with Gasteiger partial charge in [0.25, 0.3) is 0 Å². The summed E-state index contributed by atoms with van der Waals surface area (Å²) in [6, 6.07) is 2.32. The maximum Gasteiger partial charge on any atom is 0.369 e. The van der Waals surface area contributed by atoms with Gasteiger partial charge >= 0.3 is 17.7 Å². The van der Waals surface area contributed by atoms with Crippen LogP contribution in [-0.2, 0) is 0 Å². The lowest BCUT2D eigenvalue weighted by Gasteiger charge is -1.83. The zero-order chi connectivity index (χ0) is 6.97. The van der Waals surface area contributed by atoms with Gasteiger partial charge in [-0.1, -0.05) is 0 Å². The Balaban J connectivity index is 2.75. The second-order valence-electron chi connectivity index (χ2n) is 1.78. The zero-order valence-corrected chi connectivity index (χ0v) is 4.88. The fourth-order valence-electron chi connectivity index (χ4n) is 0.733. The van der Waals surface area contributed by atoms with Crippen molar-refractivity contribution in [2.45, 2.75) is 0 Å². The predicted molar refractivity (Wildman–Crippen MR) is 31.0 cm³/mol. The number of H-pyrrole nitrogens is 1. The molecule has 1 amide bonds. The Kier molecular flexibility index (Phi) is 0.822. The smallest absolute Gasteiger partial charge is 0.335 e. The van der Waals surface area contributed by atoms with Crippen molar-refractivity contribution in [3.05, 3.63) is 12.0 Å². The Bertz CT molecular complexity index is 334. The average Bonchev–Trinajstić information content (AvgIpc) is 2.36. The molecule has 0 atom stereocenters. The van der Waals surface area contributed by atoms with Crippen molar-refractivity contribution in [1.82, 2.24) is 9.97 Å². The standard InChI is InChI=1S/C5H2N4O/c10-5-3-4(7-1-6-3)8-2-9-5/h1H,(H,6,7)/p+1. The highest BCUT2D eigenvalue weighted by Gasteiger charge is 2.21. The minimum absolute atomic E-state index is 0.248. The summed E-state index contributed by atoms with van der Waals surface area (Å²) in [5.41, 5.74) is 0.388. The number of nitrogens with zero attached hydrogens (tertiary/aromatic N) is 2. The van der Waals surface area contributed by atoms with Gasteiger partial charge in [-0.15, -0.1) is 0 Å². The number of imidazole rings is 1. The van der Waals surface area contributed by atoms with E-state index in [1.165, 1.54) is 6.33 Å². The Morgan fingerprint density at radius 1 is 1.70 bits per heavy atom. The number of carbonyl (C=O) groups excluding carboxylic acids is 1. The molecule has 1 aliphatic rings. The molecule has 1 aliphatic heterocycles. The molecule has 0 fully saturated rings. The molecule has 1 aromatic heterocycles. The van der Waals surface area contributed by atoms with Crippen molar-refractivity contribution in [3.8, 4) is 0 Å². The molecule has 0 saturated heterocycles.